The maximum Gasteiger partial charge on any atom is 0.265 e. The van der Waals surface area contributed by atoms with Crippen LogP contribution in [0.1, 0.15) is 13.8 Å². The molecule has 2 aliphatic heterocycles. The van der Waals surface area contributed by atoms with Gasteiger partial charge < -0.3 is 19.5 Å². The molecule has 108 valence electrons. The predicted molar refractivity (Wildman–Crippen MR) is 72.9 cm³/mol. The van der Waals surface area contributed by atoms with Crippen LogP contribution in [-0.2, 0) is 9.53 Å². The van der Waals surface area contributed by atoms with Crippen LogP contribution in [0.5, 0.6) is 11.5 Å². The minimum atomic E-state index is -0.616. The molecule has 1 N–H and O–H groups in total. The molecule has 0 bridgehead atoms. The minimum absolute atomic E-state index is 0.0479. The van der Waals surface area contributed by atoms with Gasteiger partial charge in [-0.1, -0.05) is 19.1 Å². The molecule has 1 fully saturated rings. The summed E-state index contributed by atoms with van der Waals surface area (Å²) in [6.45, 7) is 5.91. The van der Waals surface area contributed by atoms with Gasteiger partial charge in [-0.2, -0.15) is 0 Å². The maximum atomic E-state index is 12.2. The van der Waals surface area contributed by atoms with Crippen molar-refractivity contribution >= 4 is 5.91 Å². The van der Waals surface area contributed by atoms with Crippen molar-refractivity contribution < 1.29 is 19.0 Å². The fourth-order valence-corrected chi connectivity index (χ4v) is 2.36. The van der Waals surface area contributed by atoms with Gasteiger partial charge in [0.2, 0.25) is 6.10 Å². The molecule has 2 unspecified atom stereocenters. The van der Waals surface area contributed by atoms with Crippen LogP contribution in [0.2, 0.25) is 0 Å². The Hall–Kier alpha value is -1.75. The highest BCUT2D eigenvalue weighted by Crippen LogP contribution is 2.33. The Labute approximate surface area is 118 Å². The van der Waals surface area contributed by atoms with E-state index in [1.165, 1.54) is 0 Å². The van der Waals surface area contributed by atoms with E-state index in [-0.39, 0.29) is 17.4 Å². The highest BCUT2D eigenvalue weighted by atomic mass is 16.6. The van der Waals surface area contributed by atoms with E-state index in [0.717, 1.165) is 0 Å². The summed E-state index contributed by atoms with van der Waals surface area (Å²) in [6.07, 6.45) is -0.926. The van der Waals surface area contributed by atoms with Gasteiger partial charge in [0.1, 0.15) is 6.10 Å². The molecular formula is C15H19NO4. The summed E-state index contributed by atoms with van der Waals surface area (Å²) in [4.78, 5) is 12.2. The lowest BCUT2D eigenvalue weighted by atomic mass is 9.88. The van der Waals surface area contributed by atoms with Crippen molar-refractivity contribution in [1.82, 2.24) is 5.32 Å². The second-order valence-electron chi connectivity index (χ2n) is 5.83. The number of fused-ring (bicyclic) bond motifs is 1. The Morgan fingerprint density at radius 1 is 1.30 bits per heavy atom. The standard InChI is InChI=1S/C15H19NO4/c1-10-13(14(17)16-7-15(2)8-18-9-15)20-12-6-4-3-5-11(12)19-10/h3-6,10,13H,7-9H2,1-2H3,(H,16,17). The average Bonchev–Trinajstić information content (AvgIpc) is 2.42. The first kappa shape index (κ1) is 13.2. The van der Waals surface area contributed by atoms with Crippen molar-refractivity contribution in [2.24, 2.45) is 5.41 Å². The Morgan fingerprint density at radius 3 is 2.55 bits per heavy atom. The molecule has 0 saturated carbocycles. The second-order valence-corrected chi connectivity index (χ2v) is 5.83. The number of benzene rings is 1. The molecule has 0 spiro atoms. The van der Waals surface area contributed by atoms with E-state index in [9.17, 15) is 4.79 Å². The van der Waals surface area contributed by atoms with Gasteiger partial charge >= 0.3 is 0 Å². The lowest BCUT2D eigenvalue weighted by Crippen LogP contribution is -2.54. The highest BCUT2D eigenvalue weighted by molar-refractivity contribution is 5.82. The van der Waals surface area contributed by atoms with Crippen molar-refractivity contribution in [2.75, 3.05) is 19.8 Å². The first-order valence-electron chi connectivity index (χ1n) is 6.85. The molecule has 0 aliphatic carbocycles. The molecule has 5 nitrogen and oxygen atoms in total. The fraction of sp³-hybridized carbons (Fsp3) is 0.533. The van der Waals surface area contributed by atoms with E-state index in [1.54, 1.807) is 0 Å². The number of hydrogen-bond donors (Lipinski definition) is 1. The third kappa shape index (κ3) is 2.45. The van der Waals surface area contributed by atoms with Crippen LogP contribution in [0.15, 0.2) is 24.3 Å². The molecule has 1 aromatic rings. The Kier molecular flexibility index (Phi) is 3.30. The summed E-state index contributed by atoms with van der Waals surface area (Å²) < 4.78 is 16.7. The second kappa shape index (κ2) is 4.98. The summed E-state index contributed by atoms with van der Waals surface area (Å²) in [6, 6.07) is 7.39. The molecular weight excluding hydrogens is 258 g/mol. The number of para-hydroxylation sites is 2. The van der Waals surface area contributed by atoms with Crippen molar-refractivity contribution in [1.29, 1.82) is 0 Å². The third-order valence-corrected chi connectivity index (χ3v) is 3.69. The van der Waals surface area contributed by atoms with Crippen LogP contribution in [0.4, 0.5) is 0 Å². The molecule has 1 amide bonds. The van der Waals surface area contributed by atoms with Gasteiger partial charge in [-0.05, 0) is 19.1 Å². The normalized spacial score (nSPS) is 26.5. The van der Waals surface area contributed by atoms with E-state index in [2.05, 4.69) is 12.2 Å². The Morgan fingerprint density at radius 2 is 1.95 bits per heavy atom. The number of ether oxygens (including phenoxy) is 3. The summed E-state index contributed by atoms with van der Waals surface area (Å²) in [5.74, 6) is 1.16. The number of carbonyl (C=O) groups is 1. The predicted octanol–water partition coefficient (Wildman–Crippen LogP) is 1.37. The van der Waals surface area contributed by atoms with Gasteiger partial charge in [0.15, 0.2) is 11.5 Å². The van der Waals surface area contributed by atoms with Gasteiger partial charge in [-0.15, -0.1) is 0 Å². The summed E-state index contributed by atoms with van der Waals surface area (Å²) in [5.41, 5.74) is 0.0479. The minimum Gasteiger partial charge on any atom is -0.482 e. The highest BCUT2D eigenvalue weighted by Gasteiger charge is 2.37. The van der Waals surface area contributed by atoms with Crippen LogP contribution in [0.3, 0.4) is 0 Å². The van der Waals surface area contributed by atoms with E-state index in [0.29, 0.717) is 31.3 Å². The van der Waals surface area contributed by atoms with Gasteiger partial charge in [0, 0.05) is 12.0 Å². The Balaban J connectivity index is 1.63. The summed E-state index contributed by atoms with van der Waals surface area (Å²) in [5, 5.41) is 2.93. The largest absolute Gasteiger partial charge is 0.482 e. The molecule has 1 aromatic carbocycles. The molecule has 3 rings (SSSR count). The summed E-state index contributed by atoms with van der Waals surface area (Å²) >= 11 is 0. The molecule has 2 atom stereocenters. The first-order valence-corrected chi connectivity index (χ1v) is 6.85. The smallest absolute Gasteiger partial charge is 0.265 e. The van der Waals surface area contributed by atoms with Crippen LogP contribution in [0, 0.1) is 5.41 Å². The Bertz CT molecular complexity index is 512. The van der Waals surface area contributed by atoms with Gasteiger partial charge in [-0.25, -0.2) is 0 Å². The van der Waals surface area contributed by atoms with Crippen LogP contribution < -0.4 is 14.8 Å². The molecule has 0 radical (unpaired) electrons. The molecule has 2 aliphatic rings. The first-order chi connectivity index (χ1) is 9.57. The monoisotopic (exact) mass is 277 g/mol. The SMILES string of the molecule is CC1Oc2ccccc2OC1C(=O)NCC1(C)COC1. The van der Waals surface area contributed by atoms with E-state index >= 15 is 0 Å². The van der Waals surface area contributed by atoms with E-state index in [4.69, 9.17) is 14.2 Å². The zero-order chi connectivity index (χ0) is 14.2. The average molecular weight is 277 g/mol. The third-order valence-electron chi connectivity index (χ3n) is 3.69. The topological polar surface area (TPSA) is 56.8 Å². The number of rotatable bonds is 3. The molecule has 5 heteroatoms. The molecule has 1 saturated heterocycles. The van der Waals surface area contributed by atoms with Crippen molar-refractivity contribution in [2.45, 2.75) is 26.1 Å². The molecule has 2 heterocycles. The fourth-order valence-electron chi connectivity index (χ4n) is 2.36. The van der Waals surface area contributed by atoms with Crippen molar-refractivity contribution in [3.63, 3.8) is 0 Å². The van der Waals surface area contributed by atoms with Crippen LogP contribution in [-0.4, -0.2) is 37.9 Å². The van der Waals surface area contributed by atoms with Crippen LogP contribution in [0.25, 0.3) is 0 Å². The number of nitrogens with one attached hydrogen (secondary N) is 1. The van der Waals surface area contributed by atoms with E-state index < -0.39 is 6.10 Å². The lowest BCUT2D eigenvalue weighted by molar-refractivity contribution is -0.137. The maximum absolute atomic E-state index is 12.2. The van der Waals surface area contributed by atoms with Gasteiger partial charge in [0.05, 0.1) is 13.2 Å². The van der Waals surface area contributed by atoms with Gasteiger partial charge in [-0.3, -0.25) is 4.79 Å². The number of carbonyl (C=O) groups excluding carboxylic acids is 1. The zero-order valence-electron chi connectivity index (χ0n) is 11.7. The van der Waals surface area contributed by atoms with E-state index in [1.807, 2.05) is 31.2 Å². The van der Waals surface area contributed by atoms with Crippen molar-refractivity contribution in [3.8, 4) is 11.5 Å². The van der Waals surface area contributed by atoms with Gasteiger partial charge in [0.25, 0.3) is 5.91 Å². The molecule has 20 heavy (non-hydrogen) atoms. The van der Waals surface area contributed by atoms with Crippen LogP contribution >= 0.6 is 0 Å². The number of amides is 1. The quantitative estimate of drug-likeness (QED) is 0.906. The molecule has 0 aromatic heterocycles. The summed E-state index contributed by atoms with van der Waals surface area (Å²) in [7, 11) is 0. The lowest BCUT2D eigenvalue weighted by Gasteiger charge is -2.38. The van der Waals surface area contributed by atoms with Crippen molar-refractivity contribution in [3.05, 3.63) is 24.3 Å². The zero-order valence-corrected chi connectivity index (χ0v) is 11.7. The number of hydrogen-bond acceptors (Lipinski definition) is 4.